The fourth-order valence-electron chi connectivity index (χ4n) is 4.49. The van der Waals surface area contributed by atoms with Crippen molar-refractivity contribution in [2.24, 2.45) is 5.10 Å². The van der Waals surface area contributed by atoms with E-state index in [1.807, 2.05) is 6.07 Å². The van der Waals surface area contributed by atoms with Crippen LogP contribution in [0.25, 0.3) is 22.0 Å². The molecule has 7 nitrogen and oxygen atoms in total. The molecule has 0 bridgehead atoms. The number of ether oxygens (including phenoxy) is 2. The number of hydrazone groups is 1. The molecule has 1 heterocycles. The number of aromatic nitrogens is 1. The Hall–Kier alpha value is -4.32. The summed E-state index contributed by atoms with van der Waals surface area (Å²) in [6.07, 6.45) is -3.27. The number of benzene rings is 4. The Morgan fingerprint density at radius 3 is 2.49 bits per heavy atom. The molecule has 1 aromatic heterocycles. The Morgan fingerprint density at radius 2 is 1.76 bits per heavy atom. The third kappa shape index (κ3) is 7.16. The first-order chi connectivity index (χ1) is 21.5. The number of rotatable bonds is 8. The van der Waals surface area contributed by atoms with Crippen LogP contribution in [0.3, 0.4) is 0 Å². The number of hydrogen-bond donors (Lipinski definition) is 2. The Kier molecular flexibility index (Phi) is 9.52. The summed E-state index contributed by atoms with van der Waals surface area (Å²) in [6, 6.07) is 19.0. The predicted octanol–water partition coefficient (Wildman–Crippen LogP) is 9.30. The first-order valence-electron chi connectivity index (χ1n) is 13.2. The molecule has 0 unspecified atom stereocenters. The average Bonchev–Trinajstić information content (AvgIpc) is 3.38. The van der Waals surface area contributed by atoms with E-state index in [9.17, 15) is 22.8 Å². The molecule has 0 saturated carbocycles. The smallest absolute Gasteiger partial charge is 0.416 e. The molecule has 0 aliphatic heterocycles. The Labute approximate surface area is 273 Å². The zero-order valence-electron chi connectivity index (χ0n) is 23.1. The summed E-state index contributed by atoms with van der Waals surface area (Å²) in [7, 11) is 0. The maximum absolute atomic E-state index is 13.4. The van der Waals surface area contributed by atoms with E-state index in [1.54, 1.807) is 37.3 Å². The van der Waals surface area contributed by atoms with E-state index in [-0.39, 0.29) is 29.4 Å². The molecule has 0 saturated heterocycles. The number of alkyl halides is 3. The van der Waals surface area contributed by atoms with E-state index in [0.717, 1.165) is 12.1 Å². The van der Waals surface area contributed by atoms with Gasteiger partial charge in [-0.3, -0.25) is 4.79 Å². The van der Waals surface area contributed by atoms with Gasteiger partial charge in [-0.25, -0.2) is 10.2 Å². The Bertz CT molecular complexity index is 1960. The summed E-state index contributed by atoms with van der Waals surface area (Å²) in [4.78, 5) is 29.1. The maximum Gasteiger partial charge on any atom is 0.416 e. The summed E-state index contributed by atoms with van der Waals surface area (Å²) in [5, 5.41) is 5.57. The lowest BCUT2D eigenvalue weighted by molar-refractivity contribution is -0.137. The number of amides is 1. The SMILES string of the molecule is CCOc1cc(C=NNC(=O)c2[nH]c3c(Cl)cc(Br)cc3c2-c2ccccc2Cl)ccc1OC(=O)c1cccc(C(F)(F)F)c1. The van der Waals surface area contributed by atoms with Gasteiger partial charge in [-0.1, -0.05) is 63.4 Å². The predicted molar refractivity (Wildman–Crippen MR) is 171 cm³/mol. The standard InChI is InChI=1S/C32H21BrCl2F3N3O4/c1-2-44-26-12-17(10-11-25(26)45-31(43)18-6-5-7-19(13-18)32(36,37)38)16-39-41-30(42)29-27(21-8-3-4-9-23(21)34)22-14-20(33)15-24(35)28(22)40-29/h3-16,40H,2H2,1H3,(H,41,42). The highest BCUT2D eigenvalue weighted by Crippen LogP contribution is 2.40. The number of halogens is 6. The Balaban J connectivity index is 1.38. The molecule has 5 aromatic rings. The van der Waals surface area contributed by atoms with Gasteiger partial charge in [-0.05, 0) is 67.1 Å². The van der Waals surface area contributed by atoms with Crippen molar-refractivity contribution in [1.82, 2.24) is 10.4 Å². The first-order valence-corrected chi connectivity index (χ1v) is 14.8. The van der Waals surface area contributed by atoms with Crippen LogP contribution in [0.4, 0.5) is 13.2 Å². The van der Waals surface area contributed by atoms with Crippen molar-refractivity contribution < 1.29 is 32.2 Å². The summed E-state index contributed by atoms with van der Waals surface area (Å²) >= 11 is 16.4. The normalized spacial score (nSPS) is 11.6. The van der Waals surface area contributed by atoms with E-state index < -0.39 is 23.6 Å². The minimum absolute atomic E-state index is 0.00839. The molecular formula is C32H21BrCl2F3N3O4. The highest BCUT2D eigenvalue weighted by atomic mass is 79.9. The van der Waals surface area contributed by atoms with Crippen LogP contribution < -0.4 is 14.9 Å². The molecule has 1 amide bonds. The number of nitrogens with one attached hydrogen (secondary N) is 2. The second-order valence-corrected chi connectivity index (χ2v) is 11.2. The number of carbonyl (C=O) groups is 2. The van der Waals surface area contributed by atoms with E-state index in [2.05, 4.69) is 31.4 Å². The molecule has 0 fully saturated rings. The van der Waals surface area contributed by atoms with Crippen LogP contribution in [0.2, 0.25) is 10.0 Å². The molecule has 230 valence electrons. The molecule has 45 heavy (non-hydrogen) atoms. The summed E-state index contributed by atoms with van der Waals surface area (Å²) in [5.74, 6) is -1.42. The van der Waals surface area contributed by atoms with E-state index in [0.29, 0.717) is 48.2 Å². The molecule has 4 aromatic carbocycles. The van der Waals surface area contributed by atoms with E-state index in [1.165, 1.54) is 30.5 Å². The summed E-state index contributed by atoms with van der Waals surface area (Å²) < 4.78 is 50.9. The van der Waals surface area contributed by atoms with Gasteiger partial charge in [-0.15, -0.1) is 0 Å². The van der Waals surface area contributed by atoms with Crippen LogP contribution in [0, 0.1) is 0 Å². The molecule has 2 N–H and O–H groups in total. The monoisotopic (exact) mass is 717 g/mol. The third-order valence-corrected chi connectivity index (χ3v) is 7.56. The minimum Gasteiger partial charge on any atom is -0.490 e. The average molecular weight is 719 g/mol. The highest BCUT2D eigenvalue weighted by molar-refractivity contribution is 9.10. The van der Waals surface area contributed by atoms with Gasteiger partial charge >= 0.3 is 12.1 Å². The van der Waals surface area contributed by atoms with Crippen molar-refractivity contribution in [3.05, 3.63) is 116 Å². The lowest BCUT2D eigenvalue weighted by Crippen LogP contribution is -2.19. The lowest BCUT2D eigenvalue weighted by Gasteiger charge is -2.12. The largest absolute Gasteiger partial charge is 0.490 e. The number of fused-ring (bicyclic) bond motifs is 1. The Morgan fingerprint density at radius 1 is 0.978 bits per heavy atom. The summed E-state index contributed by atoms with van der Waals surface area (Å²) in [6.45, 7) is 1.91. The van der Waals surface area contributed by atoms with Gasteiger partial charge in [0.15, 0.2) is 11.5 Å². The van der Waals surface area contributed by atoms with Gasteiger partial charge in [0.1, 0.15) is 5.69 Å². The van der Waals surface area contributed by atoms with Crippen LogP contribution in [0.15, 0.2) is 88.4 Å². The second-order valence-electron chi connectivity index (χ2n) is 9.47. The first kappa shape index (κ1) is 32.1. The van der Waals surface area contributed by atoms with Crippen molar-refractivity contribution in [2.45, 2.75) is 13.1 Å². The third-order valence-electron chi connectivity index (χ3n) is 6.47. The van der Waals surface area contributed by atoms with Crippen molar-refractivity contribution >= 4 is 68.1 Å². The van der Waals surface area contributed by atoms with Crippen molar-refractivity contribution in [2.75, 3.05) is 6.61 Å². The molecular weight excluding hydrogens is 698 g/mol. The lowest BCUT2D eigenvalue weighted by atomic mass is 10.0. The minimum atomic E-state index is -4.61. The fraction of sp³-hybridized carbons (Fsp3) is 0.0938. The van der Waals surface area contributed by atoms with Gasteiger partial charge in [0.05, 0.1) is 34.5 Å². The quantitative estimate of drug-likeness (QED) is 0.0724. The number of aromatic amines is 1. The molecule has 0 radical (unpaired) electrons. The molecule has 0 spiro atoms. The number of H-pyrrole nitrogens is 1. The van der Waals surface area contributed by atoms with Gasteiger partial charge in [0.2, 0.25) is 0 Å². The number of carbonyl (C=O) groups excluding carboxylic acids is 2. The zero-order valence-corrected chi connectivity index (χ0v) is 26.2. The fourth-order valence-corrected chi connectivity index (χ4v) is 5.58. The summed E-state index contributed by atoms with van der Waals surface area (Å²) in [5.41, 5.74) is 3.59. The number of nitrogens with zero attached hydrogens (tertiary/aromatic N) is 1. The highest BCUT2D eigenvalue weighted by Gasteiger charge is 2.31. The number of hydrogen-bond acceptors (Lipinski definition) is 5. The van der Waals surface area contributed by atoms with Crippen molar-refractivity contribution in [3.8, 4) is 22.6 Å². The van der Waals surface area contributed by atoms with E-state index >= 15 is 0 Å². The van der Waals surface area contributed by atoms with Crippen LogP contribution in [0.1, 0.15) is 38.9 Å². The van der Waals surface area contributed by atoms with Gasteiger partial charge < -0.3 is 14.5 Å². The van der Waals surface area contributed by atoms with Crippen LogP contribution in [-0.2, 0) is 6.18 Å². The van der Waals surface area contributed by atoms with Crippen LogP contribution in [-0.4, -0.2) is 29.7 Å². The molecule has 0 atom stereocenters. The number of esters is 1. The molecule has 5 rings (SSSR count). The second kappa shape index (κ2) is 13.4. The van der Waals surface area contributed by atoms with Crippen molar-refractivity contribution in [1.29, 1.82) is 0 Å². The molecule has 0 aliphatic carbocycles. The maximum atomic E-state index is 13.4. The van der Waals surface area contributed by atoms with Gasteiger partial charge in [0.25, 0.3) is 5.91 Å². The van der Waals surface area contributed by atoms with Crippen LogP contribution in [0.5, 0.6) is 11.5 Å². The zero-order chi connectivity index (χ0) is 32.3. The van der Waals surface area contributed by atoms with E-state index in [4.69, 9.17) is 32.7 Å². The van der Waals surface area contributed by atoms with Gasteiger partial charge in [-0.2, -0.15) is 18.3 Å². The molecule has 0 aliphatic rings. The topological polar surface area (TPSA) is 92.8 Å². The van der Waals surface area contributed by atoms with Gasteiger partial charge in [0, 0.05) is 26.0 Å². The van der Waals surface area contributed by atoms with Crippen LogP contribution >= 0.6 is 39.1 Å². The molecule has 13 heteroatoms. The van der Waals surface area contributed by atoms with Crippen molar-refractivity contribution in [3.63, 3.8) is 0 Å².